The molecule has 2 aromatic carbocycles. The molecule has 2 heteroatoms. The van der Waals surface area contributed by atoms with E-state index in [0.717, 1.165) is 11.3 Å². The first-order valence-corrected chi connectivity index (χ1v) is 7.45. The van der Waals surface area contributed by atoms with Gasteiger partial charge < -0.3 is 4.74 Å². The van der Waals surface area contributed by atoms with Crippen LogP contribution in [0.15, 0.2) is 48.5 Å². The second-order valence-electron chi connectivity index (χ2n) is 3.77. The van der Waals surface area contributed by atoms with Crippen LogP contribution in [0.4, 0.5) is 4.39 Å². The summed E-state index contributed by atoms with van der Waals surface area (Å²) in [4.78, 5) is 0. The lowest BCUT2D eigenvalue weighted by molar-refractivity contribution is 0.410. The van der Waals surface area contributed by atoms with Crippen LogP contribution in [0.2, 0.25) is 0 Å². The van der Waals surface area contributed by atoms with E-state index in [1.165, 1.54) is 17.7 Å². The molecule has 0 spiro atoms. The second-order valence-corrected chi connectivity index (χ2v) is 3.77. The first-order valence-electron chi connectivity index (χ1n) is 7.45. The number of ether oxygens (including phenoxy) is 1. The van der Waals surface area contributed by atoms with Crippen LogP contribution in [0.3, 0.4) is 0 Å². The van der Waals surface area contributed by atoms with E-state index < -0.39 is 0 Å². The van der Waals surface area contributed by atoms with E-state index in [0.29, 0.717) is 0 Å². The van der Waals surface area contributed by atoms with Crippen molar-refractivity contribution in [2.45, 2.75) is 41.5 Å². The molecular formula is C19H29FO. The van der Waals surface area contributed by atoms with Crippen molar-refractivity contribution in [3.05, 3.63) is 65.5 Å². The minimum atomic E-state index is -0.224. The van der Waals surface area contributed by atoms with Crippen LogP contribution in [-0.2, 0) is 0 Å². The number of halogens is 1. The molecule has 0 heterocycles. The average Bonchev–Trinajstić information content (AvgIpc) is 2.53. The maximum absolute atomic E-state index is 12.4. The predicted molar refractivity (Wildman–Crippen MR) is 91.6 cm³/mol. The Morgan fingerprint density at radius 1 is 0.810 bits per heavy atom. The molecule has 2 rings (SSSR count). The van der Waals surface area contributed by atoms with Crippen molar-refractivity contribution >= 4 is 0 Å². The molecule has 0 aliphatic carbocycles. The fraction of sp³-hybridized carbons (Fsp3) is 0.368. The van der Waals surface area contributed by atoms with E-state index >= 15 is 0 Å². The zero-order valence-corrected chi connectivity index (χ0v) is 14.4. The molecule has 0 saturated heterocycles. The fourth-order valence-corrected chi connectivity index (χ4v) is 1.38. The Balaban J connectivity index is 0. The third-order valence-corrected chi connectivity index (χ3v) is 2.30. The Kier molecular flexibility index (Phi) is 14.9. The summed E-state index contributed by atoms with van der Waals surface area (Å²) in [5.74, 6) is 0.500. The van der Waals surface area contributed by atoms with Gasteiger partial charge in [0.25, 0.3) is 0 Å². The summed E-state index contributed by atoms with van der Waals surface area (Å²) in [5, 5.41) is 0. The molecule has 0 atom stereocenters. The maximum Gasteiger partial charge on any atom is 0.123 e. The summed E-state index contributed by atoms with van der Waals surface area (Å²) < 4.78 is 17.4. The first kappa shape index (κ1) is 21.5. The van der Waals surface area contributed by atoms with Crippen LogP contribution >= 0.6 is 0 Å². The lowest BCUT2D eigenvalue weighted by Gasteiger charge is -2.01. The molecule has 0 unspecified atom stereocenters. The van der Waals surface area contributed by atoms with E-state index in [2.05, 4.69) is 19.1 Å². The number of hydrogen-bond acceptors (Lipinski definition) is 1. The number of benzene rings is 2. The van der Waals surface area contributed by atoms with Crippen LogP contribution in [0.25, 0.3) is 0 Å². The van der Waals surface area contributed by atoms with Gasteiger partial charge in [0, 0.05) is 0 Å². The van der Waals surface area contributed by atoms with Crippen LogP contribution in [0.1, 0.15) is 38.8 Å². The minimum Gasteiger partial charge on any atom is -0.496 e. The third-order valence-electron chi connectivity index (χ3n) is 2.30. The lowest BCUT2D eigenvalue weighted by atomic mass is 10.2. The number of rotatable bonds is 1. The number of hydrogen-bond donors (Lipinski definition) is 0. The predicted octanol–water partition coefficient (Wildman–Crippen LogP) is 6.19. The van der Waals surface area contributed by atoms with Gasteiger partial charge in [0.15, 0.2) is 0 Å². The second kappa shape index (κ2) is 14.6. The van der Waals surface area contributed by atoms with Gasteiger partial charge >= 0.3 is 0 Å². The zero-order chi connectivity index (χ0) is 16.7. The van der Waals surface area contributed by atoms with E-state index in [9.17, 15) is 4.39 Å². The summed E-state index contributed by atoms with van der Waals surface area (Å²) in [6.45, 7) is 11.9. The van der Waals surface area contributed by atoms with Gasteiger partial charge in [0.2, 0.25) is 0 Å². The maximum atomic E-state index is 12.4. The molecule has 0 fully saturated rings. The zero-order valence-electron chi connectivity index (χ0n) is 14.4. The Hall–Kier alpha value is -1.83. The average molecular weight is 292 g/mol. The first-order chi connectivity index (χ1) is 10.1. The summed E-state index contributed by atoms with van der Waals surface area (Å²) in [7, 11) is 1.57. The highest BCUT2D eigenvalue weighted by atomic mass is 19.1. The molecule has 2 aromatic rings. The van der Waals surface area contributed by atoms with Crippen molar-refractivity contribution in [3.63, 3.8) is 0 Å². The SMILES string of the molecule is CC.CC.COc1ccc(F)cc1C.Cc1ccccc1. The molecule has 0 bridgehead atoms. The molecule has 0 N–H and O–H groups in total. The van der Waals surface area contributed by atoms with Gasteiger partial charge in [0.05, 0.1) is 7.11 Å². The van der Waals surface area contributed by atoms with Crippen LogP contribution in [0, 0.1) is 19.7 Å². The molecule has 0 aliphatic heterocycles. The molecule has 0 amide bonds. The van der Waals surface area contributed by atoms with E-state index in [1.54, 1.807) is 13.2 Å². The van der Waals surface area contributed by atoms with Crippen molar-refractivity contribution in [2.24, 2.45) is 0 Å². The largest absolute Gasteiger partial charge is 0.496 e. The van der Waals surface area contributed by atoms with Gasteiger partial charge in [-0.3, -0.25) is 0 Å². The van der Waals surface area contributed by atoms with Gasteiger partial charge in [-0.1, -0.05) is 63.6 Å². The van der Waals surface area contributed by atoms with Crippen molar-refractivity contribution in [3.8, 4) is 5.75 Å². The van der Waals surface area contributed by atoms with Gasteiger partial charge in [-0.05, 0) is 37.6 Å². The molecule has 0 radical (unpaired) electrons. The number of aryl methyl sites for hydroxylation is 2. The smallest absolute Gasteiger partial charge is 0.123 e. The molecule has 0 aromatic heterocycles. The summed E-state index contributed by atoms with van der Waals surface area (Å²) in [5.41, 5.74) is 2.14. The highest BCUT2D eigenvalue weighted by Gasteiger charge is 1.96. The van der Waals surface area contributed by atoms with Crippen molar-refractivity contribution in [1.82, 2.24) is 0 Å². The normalized spacial score (nSPS) is 8.00. The molecule has 0 saturated carbocycles. The van der Waals surface area contributed by atoms with Gasteiger partial charge in [-0.25, -0.2) is 4.39 Å². The third kappa shape index (κ3) is 10.6. The molecule has 0 aliphatic rings. The fourth-order valence-electron chi connectivity index (χ4n) is 1.38. The molecular weight excluding hydrogens is 263 g/mol. The number of methoxy groups -OCH3 is 1. The van der Waals surface area contributed by atoms with Crippen LogP contribution in [0.5, 0.6) is 5.75 Å². The van der Waals surface area contributed by atoms with Crippen molar-refractivity contribution in [2.75, 3.05) is 7.11 Å². The summed E-state index contributed by atoms with van der Waals surface area (Å²) in [6, 6.07) is 14.7. The van der Waals surface area contributed by atoms with Crippen molar-refractivity contribution in [1.29, 1.82) is 0 Å². The minimum absolute atomic E-state index is 0.224. The molecule has 118 valence electrons. The van der Waals surface area contributed by atoms with E-state index in [4.69, 9.17) is 4.74 Å². The van der Waals surface area contributed by atoms with E-state index in [-0.39, 0.29) is 5.82 Å². The van der Waals surface area contributed by atoms with Crippen molar-refractivity contribution < 1.29 is 9.13 Å². The molecule has 1 nitrogen and oxygen atoms in total. The Morgan fingerprint density at radius 3 is 1.67 bits per heavy atom. The topological polar surface area (TPSA) is 9.23 Å². The quantitative estimate of drug-likeness (QED) is 0.609. The summed E-state index contributed by atoms with van der Waals surface area (Å²) in [6.07, 6.45) is 0. The highest BCUT2D eigenvalue weighted by Crippen LogP contribution is 2.16. The Bertz CT molecular complexity index is 452. The van der Waals surface area contributed by atoms with E-state index in [1.807, 2.05) is 52.8 Å². The lowest BCUT2D eigenvalue weighted by Crippen LogP contribution is -1.86. The van der Waals surface area contributed by atoms with Crippen LogP contribution in [-0.4, -0.2) is 7.11 Å². The van der Waals surface area contributed by atoms with Gasteiger partial charge in [-0.2, -0.15) is 0 Å². The Morgan fingerprint density at radius 2 is 1.33 bits per heavy atom. The summed E-state index contributed by atoms with van der Waals surface area (Å²) >= 11 is 0. The molecule has 21 heavy (non-hydrogen) atoms. The monoisotopic (exact) mass is 292 g/mol. The Labute approximate surface area is 129 Å². The van der Waals surface area contributed by atoms with Gasteiger partial charge in [-0.15, -0.1) is 0 Å². The highest BCUT2D eigenvalue weighted by molar-refractivity contribution is 5.32. The standard InChI is InChI=1S/C8H9FO.C7H8.2C2H6/c1-6-5-7(9)3-4-8(6)10-2;1-7-5-3-2-4-6-7;2*1-2/h3-5H,1-2H3;2-6H,1H3;2*1-2H3. The van der Waals surface area contributed by atoms with Crippen LogP contribution < -0.4 is 4.74 Å². The van der Waals surface area contributed by atoms with Gasteiger partial charge in [0.1, 0.15) is 11.6 Å².